The van der Waals surface area contributed by atoms with Crippen LogP contribution in [-0.4, -0.2) is 30.9 Å². The van der Waals surface area contributed by atoms with Crippen molar-refractivity contribution in [3.63, 3.8) is 0 Å². The van der Waals surface area contributed by atoms with Crippen LogP contribution in [0.2, 0.25) is 4.34 Å². The lowest BCUT2D eigenvalue weighted by Crippen LogP contribution is -2.37. The molecule has 2 aromatic rings. The van der Waals surface area contributed by atoms with Crippen LogP contribution in [0.1, 0.15) is 23.6 Å². The molecule has 4 nitrogen and oxygen atoms in total. The van der Waals surface area contributed by atoms with E-state index in [1.165, 1.54) is 11.3 Å². The fourth-order valence-electron chi connectivity index (χ4n) is 1.78. The molecule has 0 spiro atoms. The zero-order valence-corrected chi connectivity index (χ0v) is 13.0. The minimum atomic E-state index is -0.156. The molecule has 0 aliphatic carbocycles. The van der Waals surface area contributed by atoms with Crippen molar-refractivity contribution in [2.45, 2.75) is 13.0 Å². The number of nitrogens with one attached hydrogen (secondary N) is 1. The van der Waals surface area contributed by atoms with Gasteiger partial charge in [-0.25, -0.2) is 0 Å². The van der Waals surface area contributed by atoms with Gasteiger partial charge < -0.3 is 9.32 Å². The monoisotopic (exact) mass is 312 g/mol. The van der Waals surface area contributed by atoms with Crippen LogP contribution in [0, 0.1) is 0 Å². The van der Waals surface area contributed by atoms with Gasteiger partial charge in [0.2, 0.25) is 5.91 Å². The van der Waals surface area contributed by atoms with Gasteiger partial charge in [-0.1, -0.05) is 11.6 Å². The van der Waals surface area contributed by atoms with Crippen LogP contribution < -0.4 is 5.32 Å². The van der Waals surface area contributed by atoms with Crippen molar-refractivity contribution < 1.29 is 9.21 Å². The zero-order chi connectivity index (χ0) is 14.5. The Kier molecular flexibility index (Phi) is 5.23. The number of carbonyl (C=O) groups is 1. The summed E-state index contributed by atoms with van der Waals surface area (Å²) in [6, 6.07) is 7.36. The van der Waals surface area contributed by atoms with Gasteiger partial charge in [0, 0.05) is 18.5 Å². The fourth-order valence-corrected chi connectivity index (χ4v) is 2.93. The molecule has 0 aliphatic rings. The molecule has 0 bridgehead atoms. The van der Waals surface area contributed by atoms with Crippen molar-refractivity contribution in [3.05, 3.63) is 45.5 Å². The summed E-state index contributed by atoms with van der Waals surface area (Å²) in [6.07, 6.45) is 1.62. The van der Waals surface area contributed by atoms with E-state index in [2.05, 4.69) is 5.32 Å². The Hall–Kier alpha value is -1.30. The molecule has 2 aromatic heterocycles. The van der Waals surface area contributed by atoms with Gasteiger partial charge in [-0.2, -0.15) is 0 Å². The Morgan fingerprint density at radius 1 is 1.50 bits per heavy atom. The van der Waals surface area contributed by atoms with E-state index in [9.17, 15) is 4.79 Å². The summed E-state index contributed by atoms with van der Waals surface area (Å²) in [5.41, 5.74) is 0. The van der Waals surface area contributed by atoms with Crippen molar-refractivity contribution in [3.8, 4) is 0 Å². The van der Waals surface area contributed by atoms with Gasteiger partial charge in [0.1, 0.15) is 11.8 Å². The first kappa shape index (κ1) is 15.1. The number of rotatable bonds is 6. The Bertz CT molecular complexity index is 553. The van der Waals surface area contributed by atoms with E-state index in [0.717, 1.165) is 15.0 Å². The Morgan fingerprint density at radius 2 is 2.30 bits per heavy atom. The quantitative estimate of drug-likeness (QED) is 0.891. The minimum Gasteiger partial charge on any atom is -0.467 e. The van der Waals surface area contributed by atoms with E-state index in [1.54, 1.807) is 18.2 Å². The first-order valence-electron chi connectivity index (χ1n) is 6.37. The van der Waals surface area contributed by atoms with Gasteiger partial charge in [0.25, 0.3) is 0 Å². The molecule has 20 heavy (non-hydrogen) atoms. The highest BCUT2D eigenvalue weighted by atomic mass is 35.5. The third-order valence-corrected chi connectivity index (χ3v) is 4.36. The molecule has 1 atom stereocenters. The number of thiophene rings is 1. The molecule has 2 rings (SSSR count). The van der Waals surface area contributed by atoms with Crippen molar-refractivity contribution in [1.29, 1.82) is 0 Å². The van der Waals surface area contributed by atoms with Crippen LogP contribution in [0.15, 0.2) is 34.9 Å². The summed E-state index contributed by atoms with van der Waals surface area (Å²) < 4.78 is 6.17. The summed E-state index contributed by atoms with van der Waals surface area (Å²) in [5, 5.41) is 3.23. The normalized spacial score (nSPS) is 12.3. The average Bonchev–Trinajstić information content (AvgIpc) is 3.10. The van der Waals surface area contributed by atoms with Crippen LogP contribution in [-0.2, 0) is 4.79 Å². The molecule has 1 N–H and O–H groups in total. The summed E-state index contributed by atoms with van der Waals surface area (Å²) in [4.78, 5) is 14.6. The third kappa shape index (κ3) is 3.62. The van der Waals surface area contributed by atoms with Gasteiger partial charge in [-0.05, 0) is 31.2 Å². The van der Waals surface area contributed by atoms with Crippen LogP contribution in [0.5, 0.6) is 0 Å². The molecule has 0 saturated heterocycles. The maximum Gasteiger partial charge on any atom is 0.236 e. The highest BCUT2D eigenvalue weighted by molar-refractivity contribution is 7.16. The standard InChI is InChI=1S/C14H17ClN2O2S/c1-3-17(2)13(18)9-16-14(10-5-4-8-19-10)11-6-7-12(15)20-11/h4-8,14,16H,3,9H2,1-2H3. The van der Waals surface area contributed by atoms with Crippen LogP contribution >= 0.6 is 22.9 Å². The van der Waals surface area contributed by atoms with Gasteiger partial charge in [0.05, 0.1) is 17.1 Å². The molecule has 0 aliphatic heterocycles. The molecular weight excluding hydrogens is 296 g/mol. The van der Waals surface area contributed by atoms with E-state index in [4.69, 9.17) is 16.0 Å². The van der Waals surface area contributed by atoms with Crippen molar-refractivity contribution in [2.24, 2.45) is 0 Å². The Balaban J connectivity index is 2.10. The van der Waals surface area contributed by atoms with Crippen molar-refractivity contribution in [1.82, 2.24) is 10.2 Å². The summed E-state index contributed by atoms with van der Waals surface area (Å²) in [5.74, 6) is 0.821. The van der Waals surface area contributed by atoms with E-state index in [0.29, 0.717) is 6.54 Å². The van der Waals surface area contributed by atoms with Gasteiger partial charge in [-0.15, -0.1) is 11.3 Å². The fraction of sp³-hybridized carbons (Fsp3) is 0.357. The maximum atomic E-state index is 11.9. The van der Waals surface area contributed by atoms with Crippen molar-refractivity contribution >= 4 is 28.8 Å². The smallest absolute Gasteiger partial charge is 0.236 e. The SMILES string of the molecule is CCN(C)C(=O)CNC(c1ccco1)c1ccc(Cl)s1. The molecular formula is C14H17ClN2O2S. The number of carbonyl (C=O) groups excluding carboxylic acids is 1. The molecule has 0 radical (unpaired) electrons. The van der Waals surface area contributed by atoms with Gasteiger partial charge >= 0.3 is 0 Å². The molecule has 2 heterocycles. The lowest BCUT2D eigenvalue weighted by Gasteiger charge is -2.18. The van der Waals surface area contributed by atoms with Crippen LogP contribution in [0.25, 0.3) is 0 Å². The summed E-state index contributed by atoms with van der Waals surface area (Å²) >= 11 is 7.46. The predicted octanol–water partition coefficient (Wildman–Crippen LogP) is 3.15. The van der Waals surface area contributed by atoms with E-state index < -0.39 is 0 Å². The van der Waals surface area contributed by atoms with E-state index in [-0.39, 0.29) is 18.5 Å². The van der Waals surface area contributed by atoms with Crippen LogP contribution in [0.3, 0.4) is 0 Å². The topological polar surface area (TPSA) is 45.5 Å². The largest absolute Gasteiger partial charge is 0.467 e. The second-order valence-electron chi connectivity index (χ2n) is 4.38. The molecule has 1 amide bonds. The molecule has 6 heteroatoms. The second-order valence-corrected chi connectivity index (χ2v) is 6.13. The van der Waals surface area contributed by atoms with E-state index >= 15 is 0 Å². The number of nitrogens with zero attached hydrogens (tertiary/aromatic N) is 1. The first-order chi connectivity index (χ1) is 9.61. The van der Waals surface area contributed by atoms with Crippen molar-refractivity contribution in [2.75, 3.05) is 20.1 Å². The van der Waals surface area contributed by atoms with Gasteiger partial charge in [0.15, 0.2) is 0 Å². The number of hydrogen-bond acceptors (Lipinski definition) is 4. The van der Waals surface area contributed by atoms with Gasteiger partial charge in [-0.3, -0.25) is 10.1 Å². The Morgan fingerprint density at radius 3 is 2.85 bits per heavy atom. The predicted molar refractivity (Wildman–Crippen MR) is 81.2 cm³/mol. The lowest BCUT2D eigenvalue weighted by atomic mass is 10.2. The minimum absolute atomic E-state index is 0.0479. The molecule has 0 fully saturated rings. The average molecular weight is 313 g/mol. The third-order valence-electron chi connectivity index (χ3n) is 3.06. The summed E-state index contributed by atoms with van der Waals surface area (Å²) in [6.45, 7) is 2.89. The molecule has 0 saturated carbocycles. The molecule has 1 unspecified atom stereocenters. The molecule has 0 aromatic carbocycles. The highest BCUT2D eigenvalue weighted by Gasteiger charge is 2.20. The Labute approximate surface area is 127 Å². The number of likely N-dealkylation sites (N-methyl/N-ethyl adjacent to an activating group) is 1. The molecule has 108 valence electrons. The lowest BCUT2D eigenvalue weighted by molar-refractivity contribution is -0.128. The first-order valence-corrected chi connectivity index (χ1v) is 7.57. The van der Waals surface area contributed by atoms with Crippen LogP contribution in [0.4, 0.5) is 0 Å². The van der Waals surface area contributed by atoms with E-state index in [1.807, 2.05) is 31.2 Å². The second kappa shape index (κ2) is 6.92. The number of amides is 1. The summed E-state index contributed by atoms with van der Waals surface area (Å²) in [7, 11) is 1.79. The zero-order valence-electron chi connectivity index (χ0n) is 11.4. The number of hydrogen-bond donors (Lipinski definition) is 1. The number of furan rings is 1. The maximum absolute atomic E-state index is 11.9. The highest BCUT2D eigenvalue weighted by Crippen LogP contribution is 2.31. The number of halogens is 1.